The molecular formula is C18H31NO4S. The van der Waals surface area contributed by atoms with Crippen LogP contribution in [0.4, 0.5) is 0 Å². The van der Waals surface area contributed by atoms with Gasteiger partial charge < -0.3 is 9.90 Å². The minimum atomic E-state index is -3.00. The molecule has 24 heavy (non-hydrogen) atoms. The molecule has 0 amide bonds. The van der Waals surface area contributed by atoms with E-state index in [1.54, 1.807) is 19.1 Å². The number of benzene rings is 1. The molecule has 0 radical (unpaired) electrons. The second-order valence-corrected chi connectivity index (χ2v) is 8.00. The van der Waals surface area contributed by atoms with Gasteiger partial charge in [0.1, 0.15) is 12.0 Å². The van der Waals surface area contributed by atoms with Crippen LogP contribution in [0.15, 0.2) is 24.3 Å². The van der Waals surface area contributed by atoms with E-state index in [1.165, 1.54) is 18.9 Å². The number of rotatable bonds is 3. The molecule has 0 heterocycles. The van der Waals surface area contributed by atoms with Crippen LogP contribution in [-0.2, 0) is 14.8 Å². The monoisotopic (exact) mass is 357 g/mol. The molecule has 1 aromatic carbocycles. The van der Waals surface area contributed by atoms with Gasteiger partial charge in [0.25, 0.3) is 0 Å². The Labute approximate surface area is 146 Å². The molecule has 1 aliphatic rings. The number of carbonyl (C=O) groups excluding carboxylic acids is 1. The third-order valence-electron chi connectivity index (χ3n) is 3.86. The summed E-state index contributed by atoms with van der Waals surface area (Å²) in [6, 6.07) is 7.27. The van der Waals surface area contributed by atoms with E-state index in [-0.39, 0.29) is 11.8 Å². The van der Waals surface area contributed by atoms with Crippen molar-refractivity contribution in [2.24, 2.45) is 5.92 Å². The summed E-state index contributed by atoms with van der Waals surface area (Å²) >= 11 is 0. The van der Waals surface area contributed by atoms with Crippen molar-refractivity contribution < 1.29 is 18.3 Å². The maximum absolute atomic E-state index is 11.3. The molecule has 0 aromatic heterocycles. The van der Waals surface area contributed by atoms with Gasteiger partial charge in [-0.2, -0.15) is 0 Å². The van der Waals surface area contributed by atoms with Crippen molar-refractivity contribution in [3.8, 4) is 5.75 Å². The van der Waals surface area contributed by atoms with E-state index in [2.05, 4.69) is 11.6 Å². The molecule has 0 bridgehead atoms. The largest absolute Gasteiger partial charge is 0.508 e. The van der Waals surface area contributed by atoms with E-state index in [4.69, 9.17) is 9.90 Å². The predicted octanol–water partition coefficient (Wildman–Crippen LogP) is 3.41. The first kappa shape index (κ1) is 22.6. The fourth-order valence-electron chi connectivity index (χ4n) is 2.35. The van der Waals surface area contributed by atoms with Gasteiger partial charge in [0, 0.05) is 6.04 Å². The van der Waals surface area contributed by atoms with E-state index >= 15 is 0 Å². The topological polar surface area (TPSA) is 83.5 Å². The molecule has 0 spiro atoms. The van der Waals surface area contributed by atoms with Gasteiger partial charge in [0.15, 0.2) is 0 Å². The zero-order chi connectivity index (χ0) is 18.6. The van der Waals surface area contributed by atoms with Crippen LogP contribution in [0.5, 0.6) is 5.75 Å². The summed E-state index contributed by atoms with van der Waals surface area (Å²) in [6.45, 7) is 7.23. The summed E-state index contributed by atoms with van der Waals surface area (Å²) < 4.78 is 25.4. The van der Waals surface area contributed by atoms with Gasteiger partial charge >= 0.3 is 0 Å². The Morgan fingerprint density at radius 2 is 1.71 bits per heavy atom. The zero-order valence-electron chi connectivity index (χ0n) is 15.2. The number of aromatic hydroxyl groups is 1. The van der Waals surface area contributed by atoms with Gasteiger partial charge in [-0.15, -0.1) is 0 Å². The molecule has 0 saturated heterocycles. The number of nitrogens with one attached hydrogen (secondary N) is 1. The quantitative estimate of drug-likeness (QED) is 0.812. The number of sulfonamides is 1. The van der Waals surface area contributed by atoms with Gasteiger partial charge in [-0.05, 0) is 51.7 Å². The minimum absolute atomic E-state index is 0.179. The molecular weight excluding hydrogens is 326 g/mol. The standard InChI is InChI=1S/C9H19NO2S.C7H8O.C2H4O/c1-3-13(11,12)10-9-7-5-4-6-8(9)2;1-6-2-4-7(8)5-3-6;1-2-3/h8-10H,3-7H2,1-2H3;2-5,8H,1H3;2H,1H3/t8-,9?;;/m0../s1. The third kappa shape index (κ3) is 10.4. The average molecular weight is 358 g/mol. The van der Waals surface area contributed by atoms with Gasteiger partial charge in [0.2, 0.25) is 10.0 Å². The highest BCUT2D eigenvalue weighted by Gasteiger charge is 2.24. The van der Waals surface area contributed by atoms with E-state index in [0.29, 0.717) is 11.7 Å². The number of phenols is 1. The Bertz CT molecular complexity index is 534. The Kier molecular flexibility index (Phi) is 11.3. The molecule has 5 nitrogen and oxygen atoms in total. The van der Waals surface area contributed by atoms with Crippen molar-refractivity contribution >= 4 is 16.3 Å². The molecule has 6 heteroatoms. The number of aryl methyl sites for hydroxylation is 1. The van der Waals surface area contributed by atoms with Crippen molar-refractivity contribution in [2.75, 3.05) is 5.75 Å². The van der Waals surface area contributed by atoms with Gasteiger partial charge in [-0.3, -0.25) is 0 Å². The molecule has 1 aromatic rings. The lowest BCUT2D eigenvalue weighted by Crippen LogP contribution is -2.41. The van der Waals surface area contributed by atoms with Gasteiger partial charge in [-0.25, -0.2) is 13.1 Å². The SMILES string of the molecule is CC=O.CCS(=O)(=O)NC1CCCC[C@@H]1C.Cc1ccc(O)cc1. The van der Waals surface area contributed by atoms with E-state index in [9.17, 15) is 8.42 Å². The lowest BCUT2D eigenvalue weighted by Gasteiger charge is -2.28. The molecule has 1 fully saturated rings. The molecule has 2 atom stereocenters. The highest BCUT2D eigenvalue weighted by Crippen LogP contribution is 2.24. The van der Waals surface area contributed by atoms with Crippen LogP contribution in [0.25, 0.3) is 0 Å². The summed E-state index contributed by atoms with van der Waals surface area (Å²) in [5.74, 6) is 1.02. The van der Waals surface area contributed by atoms with Crippen LogP contribution in [0.3, 0.4) is 0 Å². The highest BCUT2D eigenvalue weighted by molar-refractivity contribution is 7.89. The molecule has 138 valence electrons. The second-order valence-electron chi connectivity index (χ2n) is 5.96. The maximum atomic E-state index is 11.3. The van der Waals surface area contributed by atoms with Crippen molar-refractivity contribution in [2.45, 2.75) is 59.4 Å². The lowest BCUT2D eigenvalue weighted by molar-refractivity contribution is -0.106. The van der Waals surface area contributed by atoms with E-state index in [0.717, 1.165) is 25.5 Å². The Balaban J connectivity index is 0.000000409. The summed E-state index contributed by atoms with van der Waals surface area (Å²) in [6.07, 6.45) is 5.30. The smallest absolute Gasteiger partial charge is 0.211 e. The van der Waals surface area contributed by atoms with Crippen LogP contribution < -0.4 is 4.72 Å². The zero-order valence-corrected chi connectivity index (χ0v) is 16.0. The molecule has 1 saturated carbocycles. The lowest BCUT2D eigenvalue weighted by atomic mass is 9.87. The highest BCUT2D eigenvalue weighted by atomic mass is 32.2. The second kappa shape index (κ2) is 12.0. The van der Waals surface area contributed by atoms with Gasteiger partial charge in [-0.1, -0.05) is 37.5 Å². The first-order chi connectivity index (χ1) is 11.3. The van der Waals surface area contributed by atoms with E-state index in [1.807, 2.05) is 19.1 Å². The van der Waals surface area contributed by atoms with Crippen molar-refractivity contribution in [3.05, 3.63) is 29.8 Å². The summed E-state index contributed by atoms with van der Waals surface area (Å²) in [7, 11) is -3.00. The van der Waals surface area contributed by atoms with E-state index < -0.39 is 10.0 Å². The van der Waals surface area contributed by atoms with Crippen molar-refractivity contribution in [1.29, 1.82) is 0 Å². The minimum Gasteiger partial charge on any atom is -0.508 e. The van der Waals surface area contributed by atoms with Crippen LogP contribution in [0, 0.1) is 12.8 Å². The number of phenolic OH excluding ortho intramolecular Hbond substituents is 1. The molecule has 0 aliphatic heterocycles. The Morgan fingerprint density at radius 1 is 1.21 bits per heavy atom. The summed E-state index contributed by atoms with van der Waals surface area (Å²) in [5.41, 5.74) is 1.17. The maximum Gasteiger partial charge on any atom is 0.211 e. The average Bonchev–Trinajstić information content (AvgIpc) is 2.54. The number of hydrogen-bond donors (Lipinski definition) is 2. The van der Waals surface area contributed by atoms with Crippen molar-refractivity contribution in [3.63, 3.8) is 0 Å². The predicted molar refractivity (Wildman–Crippen MR) is 98.6 cm³/mol. The first-order valence-corrected chi connectivity index (χ1v) is 10.1. The summed E-state index contributed by atoms with van der Waals surface area (Å²) in [4.78, 5) is 8.81. The Morgan fingerprint density at radius 3 is 2.12 bits per heavy atom. The fourth-order valence-corrected chi connectivity index (χ4v) is 3.33. The fraction of sp³-hybridized carbons (Fsp3) is 0.611. The summed E-state index contributed by atoms with van der Waals surface area (Å²) in [5, 5.41) is 8.76. The third-order valence-corrected chi connectivity index (χ3v) is 5.28. The number of hydrogen-bond acceptors (Lipinski definition) is 4. The molecule has 1 unspecified atom stereocenters. The van der Waals surface area contributed by atoms with Crippen LogP contribution >= 0.6 is 0 Å². The van der Waals surface area contributed by atoms with Crippen LogP contribution in [-0.4, -0.2) is 31.6 Å². The van der Waals surface area contributed by atoms with Crippen molar-refractivity contribution in [1.82, 2.24) is 4.72 Å². The normalized spacial score (nSPS) is 20.0. The molecule has 1 aliphatic carbocycles. The molecule has 2 rings (SSSR count). The number of carbonyl (C=O) groups is 1. The van der Waals surface area contributed by atoms with Gasteiger partial charge in [0.05, 0.1) is 5.75 Å². The number of aldehydes is 1. The Hall–Kier alpha value is -1.40. The molecule has 2 N–H and O–H groups in total. The first-order valence-electron chi connectivity index (χ1n) is 8.41. The van der Waals surface area contributed by atoms with Crippen LogP contribution in [0.1, 0.15) is 52.0 Å². The van der Waals surface area contributed by atoms with Crippen LogP contribution in [0.2, 0.25) is 0 Å².